The second-order valence-electron chi connectivity index (χ2n) is 4.89. The third-order valence-corrected chi connectivity index (χ3v) is 3.12. The molecule has 1 aromatic heterocycles. The van der Waals surface area contributed by atoms with Crippen LogP contribution in [0.5, 0.6) is 5.75 Å². The Hall–Kier alpha value is -2.83. The smallest absolute Gasteiger partial charge is 0.338 e. The van der Waals surface area contributed by atoms with E-state index in [0.717, 1.165) is 6.26 Å². The van der Waals surface area contributed by atoms with Gasteiger partial charge in [-0.05, 0) is 30.7 Å². The third-order valence-electron chi connectivity index (χ3n) is 3.12. The molecule has 1 heterocycles. The third kappa shape index (κ3) is 4.57. The van der Waals surface area contributed by atoms with Crippen LogP contribution in [0.25, 0.3) is 0 Å². The first-order valence-corrected chi connectivity index (χ1v) is 6.93. The van der Waals surface area contributed by atoms with E-state index in [9.17, 15) is 14.0 Å². The molecule has 23 heavy (non-hydrogen) atoms. The van der Waals surface area contributed by atoms with E-state index >= 15 is 0 Å². The zero-order valence-corrected chi connectivity index (χ0v) is 12.5. The van der Waals surface area contributed by atoms with E-state index in [1.807, 2.05) is 0 Å². The summed E-state index contributed by atoms with van der Waals surface area (Å²) in [6, 6.07) is 6.86. The standard InChI is InChI=1S/C16H16FNO5/c1-18(15(19)14-9-11(10-23-14)16(20)21)7-2-8-22-13-5-3-12(17)4-6-13/h3-6,9-10H,2,7-8H2,1H3,(H,20,21). The van der Waals surface area contributed by atoms with Crippen LogP contribution in [-0.2, 0) is 0 Å². The molecule has 1 aromatic carbocycles. The van der Waals surface area contributed by atoms with Crippen LogP contribution in [0.1, 0.15) is 27.3 Å². The zero-order chi connectivity index (χ0) is 16.8. The number of carbonyl (C=O) groups excluding carboxylic acids is 1. The SMILES string of the molecule is CN(CCCOc1ccc(F)cc1)C(=O)c1cc(C(=O)O)co1. The van der Waals surface area contributed by atoms with Gasteiger partial charge in [0.2, 0.25) is 0 Å². The molecule has 0 unspecified atom stereocenters. The molecule has 7 heteroatoms. The Morgan fingerprint density at radius 1 is 1.30 bits per heavy atom. The van der Waals surface area contributed by atoms with Gasteiger partial charge in [-0.15, -0.1) is 0 Å². The van der Waals surface area contributed by atoms with E-state index in [0.29, 0.717) is 25.3 Å². The van der Waals surface area contributed by atoms with Gasteiger partial charge in [0.05, 0.1) is 12.2 Å². The molecule has 0 fully saturated rings. The van der Waals surface area contributed by atoms with E-state index in [4.69, 9.17) is 14.3 Å². The first kappa shape index (κ1) is 16.5. The number of ether oxygens (including phenoxy) is 1. The van der Waals surface area contributed by atoms with Crippen molar-refractivity contribution in [3.05, 3.63) is 53.7 Å². The van der Waals surface area contributed by atoms with Crippen LogP contribution in [0.3, 0.4) is 0 Å². The normalized spacial score (nSPS) is 10.3. The van der Waals surface area contributed by atoms with Gasteiger partial charge in [-0.3, -0.25) is 4.79 Å². The molecule has 2 rings (SSSR count). The Balaban J connectivity index is 1.77. The predicted molar refractivity (Wildman–Crippen MR) is 79.1 cm³/mol. The maximum atomic E-state index is 12.7. The Kier molecular flexibility index (Phi) is 5.35. The van der Waals surface area contributed by atoms with Crippen molar-refractivity contribution in [2.75, 3.05) is 20.2 Å². The number of nitrogens with zero attached hydrogens (tertiary/aromatic N) is 1. The summed E-state index contributed by atoms with van der Waals surface area (Å²) in [5, 5.41) is 8.79. The number of aromatic carboxylic acids is 1. The number of halogens is 1. The van der Waals surface area contributed by atoms with Gasteiger partial charge >= 0.3 is 5.97 Å². The molecule has 0 radical (unpaired) electrons. The number of carboxylic acid groups (broad SMARTS) is 1. The number of carbonyl (C=O) groups is 2. The summed E-state index contributed by atoms with van der Waals surface area (Å²) >= 11 is 0. The van der Waals surface area contributed by atoms with Gasteiger partial charge < -0.3 is 19.2 Å². The summed E-state index contributed by atoms with van der Waals surface area (Å²) in [6.45, 7) is 0.769. The fourth-order valence-corrected chi connectivity index (χ4v) is 1.87. The molecule has 0 spiro atoms. The van der Waals surface area contributed by atoms with Gasteiger partial charge in [0.1, 0.15) is 17.8 Å². The molecular formula is C16H16FNO5. The van der Waals surface area contributed by atoms with Crippen molar-refractivity contribution in [3.63, 3.8) is 0 Å². The van der Waals surface area contributed by atoms with Crippen LogP contribution in [0.4, 0.5) is 4.39 Å². The lowest BCUT2D eigenvalue weighted by atomic mass is 10.3. The lowest BCUT2D eigenvalue weighted by Crippen LogP contribution is -2.28. The van der Waals surface area contributed by atoms with Gasteiger partial charge in [0.25, 0.3) is 5.91 Å². The quantitative estimate of drug-likeness (QED) is 0.793. The van der Waals surface area contributed by atoms with Crippen LogP contribution < -0.4 is 4.74 Å². The lowest BCUT2D eigenvalue weighted by Gasteiger charge is -2.15. The highest BCUT2D eigenvalue weighted by Gasteiger charge is 2.18. The molecular weight excluding hydrogens is 305 g/mol. The first-order valence-electron chi connectivity index (χ1n) is 6.93. The second-order valence-corrected chi connectivity index (χ2v) is 4.89. The van der Waals surface area contributed by atoms with Gasteiger partial charge in [-0.2, -0.15) is 0 Å². The molecule has 0 aliphatic rings. The maximum absolute atomic E-state index is 12.7. The summed E-state index contributed by atoms with van der Waals surface area (Å²) in [5.74, 6) is -1.36. The molecule has 0 saturated carbocycles. The van der Waals surface area contributed by atoms with E-state index < -0.39 is 11.9 Å². The molecule has 2 aromatic rings. The molecule has 0 aliphatic heterocycles. The molecule has 1 N–H and O–H groups in total. The van der Waals surface area contributed by atoms with Gasteiger partial charge in [-0.1, -0.05) is 0 Å². The summed E-state index contributed by atoms with van der Waals surface area (Å²) < 4.78 is 23.1. The fraction of sp³-hybridized carbons (Fsp3) is 0.250. The minimum absolute atomic E-state index is 0.0237. The van der Waals surface area contributed by atoms with Crippen molar-refractivity contribution in [1.29, 1.82) is 0 Å². The summed E-state index contributed by atoms with van der Waals surface area (Å²) in [4.78, 5) is 24.2. The highest BCUT2D eigenvalue weighted by molar-refractivity contribution is 5.95. The van der Waals surface area contributed by atoms with Gasteiger partial charge in [0, 0.05) is 19.7 Å². The van der Waals surface area contributed by atoms with Gasteiger partial charge in [-0.25, -0.2) is 9.18 Å². The number of furan rings is 1. The Morgan fingerprint density at radius 2 is 2.00 bits per heavy atom. The van der Waals surface area contributed by atoms with Crippen LogP contribution in [0.15, 0.2) is 41.0 Å². The van der Waals surface area contributed by atoms with Crippen molar-refractivity contribution in [3.8, 4) is 5.75 Å². The van der Waals surface area contributed by atoms with Crippen LogP contribution in [0.2, 0.25) is 0 Å². The van der Waals surface area contributed by atoms with Crippen molar-refractivity contribution in [2.24, 2.45) is 0 Å². The zero-order valence-electron chi connectivity index (χ0n) is 12.5. The minimum Gasteiger partial charge on any atom is -0.494 e. The number of hydrogen-bond donors (Lipinski definition) is 1. The average molecular weight is 321 g/mol. The number of amides is 1. The Morgan fingerprint density at radius 3 is 2.61 bits per heavy atom. The van der Waals surface area contributed by atoms with Crippen LogP contribution in [-0.4, -0.2) is 42.1 Å². The second kappa shape index (κ2) is 7.44. The van der Waals surface area contributed by atoms with Gasteiger partial charge in [0.15, 0.2) is 5.76 Å². The topological polar surface area (TPSA) is 80.0 Å². The number of benzene rings is 1. The summed E-state index contributed by atoms with van der Waals surface area (Å²) in [6.07, 6.45) is 1.59. The van der Waals surface area contributed by atoms with E-state index in [1.54, 1.807) is 7.05 Å². The van der Waals surface area contributed by atoms with Crippen molar-refractivity contribution >= 4 is 11.9 Å². The molecule has 0 saturated heterocycles. The monoisotopic (exact) mass is 321 g/mol. The predicted octanol–water partition coefficient (Wildman–Crippen LogP) is 2.66. The summed E-state index contributed by atoms with van der Waals surface area (Å²) in [5.41, 5.74) is -0.0682. The molecule has 6 nitrogen and oxygen atoms in total. The number of hydrogen-bond acceptors (Lipinski definition) is 4. The van der Waals surface area contributed by atoms with Crippen LogP contribution in [0, 0.1) is 5.82 Å². The average Bonchev–Trinajstić information content (AvgIpc) is 3.02. The molecule has 1 amide bonds. The molecule has 122 valence electrons. The molecule has 0 aliphatic carbocycles. The van der Waals surface area contributed by atoms with Crippen LogP contribution >= 0.6 is 0 Å². The lowest BCUT2D eigenvalue weighted by molar-refractivity contribution is 0.0695. The van der Waals surface area contributed by atoms with Crippen molar-refractivity contribution in [1.82, 2.24) is 4.90 Å². The maximum Gasteiger partial charge on any atom is 0.338 e. The minimum atomic E-state index is -1.15. The Labute approximate surface area is 132 Å². The van der Waals surface area contributed by atoms with E-state index in [2.05, 4.69) is 0 Å². The van der Waals surface area contributed by atoms with E-state index in [-0.39, 0.29) is 17.1 Å². The Bertz CT molecular complexity index is 680. The molecule has 0 bridgehead atoms. The number of rotatable bonds is 7. The number of carboxylic acids is 1. The highest BCUT2D eigenvalue weighted by atomic mass is 19.1. The molecule has 0 atom stereocenters. The largest absolute Gasteiger partial charge is 0.494 e. The first-order chi connectivity index (χ1) is 11.0. The van der Waals surface area contributed by atoms with Crippen molar-refractivity contribution in [2.45, 2.75) is 6.42 Å². The summed E-state index contributed by atoms with van der Waals surface area (Å²) in [7, 11) is 1.59. The van der Waals surface area contributed by atoms with Crippen molar-refractivity contribution < 1.29 is 28.2 Å². The van der Waals surface area contributed by atoms with E-state index in [1.165, 1.54) is 35.2 Å². The fourth-order valence-electron chi connectivity index (χ4n) is 1.87. The highest BCUT2D eigenvalue weighted by Crippen LogP contribution is 2.12.